The van der Waals surface area contributed by atoms with Crippen LogP contribution in [0.1, 0.15) is 13.8 Å². The fraction of sp³-hybridized carbons (Fsp3) is 1.00. The second kappa shape index (κ2) is 3.83. The van der Waals surface area contributed by atoms with Crippen LogP contribution in [0.3, 0.4) is 0 Å². The van der Waals surface area contributed by atoms with Crippen LogP contribution in [0, 0.1) is 0 Å². The van der Waals surface area contributed by atoms with E-state index in [0.717, 1.165) is 0 Å². The number of hydrogen-bond acceptors (Lipinski definition) is 2. The van der Waals surface area contributed by atoms with Crippen molar-refractivity contribution < 1.29 is 13.9 Å². The van der Waals surface area contributed by atoms with Crippen molar-refractivity contribution in [2.75, 3.05) is 13.1 Å². The van der Waals surface area contributed by atoms with Crippen molar-refractivity contribution in [2.24, 2.45) is 0 Å². The summed E-state index contributed by atoms with van der Waals surface area (Å²) in [7, 11) is 0. The van der Waals surface area contributed by atoms with Crippen LogP contribution in [0.4, 0.5) is 8.78 Å². The van der Waals surface area contributed by atoms with E-state index in [2.05, 4.69) is 5.32 Å². The lowest BCUT2D eigenvalue weighted by Gasteiger charge is -2.09. The molecule has 0 aromatic carbocycles. The van der Waals surface area contributed by atoms with Gasteiger partial charge >= 0.3 is 0 Å². The minimum absolute atomic E-state index is 0.00694. The normalized spacial score (nSPS) is 29.1. The summed E-state index contributed by atoms with van der Waals surface area (Å²) in [5, 5.41) is 10.8. The first-order chi connectivity index (χ1) is 4.63. The van der Waals surface area contributed by atoms with Gasteiger partial charge in [-0.15, -0.1) is 0 Å². The van der Waals surface area contributed by atoms with Gasteiger partial charge in [-0.25, -0.2) is 8.78 Å². The standard InChI is InChI=1S/C4H7F2NO.C2H6/c5-4(6)2-7-1-3(4)8;1-2/h3,7-8H,1-2H2;1-2H3. The average molecular weight is 153 g/mol. The number of halogens is 2. The Bertz CT molecular complexity index is 97.7. The topological polar surface area (TPSA) is 32.3 Å². The third-order valence-corrected chi connectivity index (χ3v) is 1.19. The fourth-order valence-electron chi connectivity index (χ4n) is 0.643. The molecule has 1 saturated heterocycles. The van der Waals surface area contributed by atoms with Crippen LogP contribution >= 0.6 is 0 Å². The molecule has 0 bridgehead atoms. The summed E-state index contributed by atoms with van der Waals surface area (Å²) >= 11 is 0. The number of alkyl halides is 2. The van der Waals surface area contributed by atoms with Gasteiger partial charge < -0.3 is 10.4 Å². The van der Waals surface area contributed by atoms with E-state index in [1.54, 1.807) is 0 Å². The monoisotopic (exact) mass is 153 g/mol. The van der Waals surface area contributed by atoms with E-state index < -0.39 is 18.6 Å². The van der Waals surface area contributed by atoms with Crippen LogP contribution in [0.25, 0.3) is 0 Å². The Labute approximate surface area is 59.2 Å². The highest BCUT2D eigenvalue weighted by molar-refractivity contribution is 4.87. The van der Waals surface area contributed by atoms with E-state index in [-0.39, 0.29) is 6.54 Å². The van der Waals surface area contributed by atoms with E-state index in [1.807, 2.05) is 13.8 Å². The van der Waals surface area contributed by atoms with Crippen molar-refractivity contribution in [1.82, 2.24) is 5.32 Å². The molecular weight excluding hydrogens is 140 g/mol. The Balaban J connectivity index is 0.000000371. The summed E-state index contributed by atoms with van der Waals surface area (Å²) in [5.41, 5.74) is 0. The van der Waals surface area contributed by atoms with E-state index in [4.69, 9.17) is 5.11 Å². The second-order valence-corrected chi connectivity index (χ2v) is 1.91. The Hall–Kier alpha value is -0.220. The number of hydrogen-bond donors (Lipinski definition) is 2. The molecule has 1 aliphatic heterocycles. The van der Waals surface area contributed by atoms with Gasteiger partial charge in [0.15, 0.2) is 0 Å². The molecule has 1 heterocycles. The van der Waals surface area contributed by atoms with Crippen LogP contribution in [0.2, 0.25) is 0 Å². The molecule has 0 saturated carbocycles. The molecule has 2 N–H and O–H groups in total. The Morgan fingerprint density at radius 2 is 2.00 bits per heavy atom. The lowest BCUT2D eigenvalue weighted by atomic mass is 10.2. The van der Waals surface area contributed by atoms with Crippen LogP contribution in [-0.2, 0) is 0 Å². The molecule has 0 radical (unpaired) electrons. The first kappa shape index (κ1) is 9.78. The molecule has 0 aliphatic carbocycles. The summed E-state index contributed by atoms with van der Waals surface area (Å²) in [4.78, 5) is 0. The van der Waals surface area contributed by atoms with Crippen molar-refractivity contribution in [1.29, 1.82) is 0 Å². The highest BCUT2D eigenvalue weighted by Gasteiger charge is 2.42. The molecular formula is C6H13F2NO. The molecule has 1 fully saturated rings. The van der Waals surface area contributed by atoms with Gasteiger partial charge in [-0.2, -0.15) is 0 Å². The quantitative estimate of drug-likeness (QED) is 0.534. The predicted molar refractivity (Wildman–Crippen MR) is 35.2 cm³/mol. The van der Waals surface area contributed by atoms with Gasteiger partial charge in [-0.1, -0.05) is 13.8 Å². The molecule has 4 heteroatoms. The van der Waals surface area contributed by atoms with Crippen LogP contribution < -0.4 is 5.32 Å². The minimum Gasteiger partial charge on any atom is -0.385 e. The molecule has 0 aromatic rings. The molecule has 0 spiro atoms. The van der Waals surface area contributed by atoms with E-state index in [9.17, 15) is 8.78 Å². The third-order valence-electron chi connectivity index (χ3n) is 1.19. The van der Waals surface area contributed by atoms with Crippen LogP contribution in [-0.4, -0.2) is 30.2 Å². The average Bonchev–Trinajstić information content (AvgIpc) is 2.17. The van der Waals surface area contributed by atoms with E-state index >= 15 is 0 Å². The van der Waals surface area contributed by atoms with E-state index in [1.165, 1.54) is 0 Å². The summed E-state index contributed by atoms with van der Waals surface area (Å²) in [6.07, 6.45) is -1.48. The second-order valence-electron chi connectivity index (χ2n) is 1.91. The molecule has 0 amide bonds. The SMILES string of the molecule is CC.OC1CNCC1(F)F. The molecule has 1 rings (SSSR count). The molecule has 2 nitrogen and oxygen atoms in total. The van der Waals surface area contributed by atoms with Gasteiger partial charge in [-0.05, 0) is 0 Å². The maximum atomic E-state index is 12.0. The van der Waals surface area contributed by atoms with Crippen molar-refractivity contribution in [3.63, 3.8) is 0 Å². The Morgan fingerprint density at radius 1 is 1.50 bits per heavy atom. The van der Waals surface area contributed by atoms with Gasteiger partial charge in [0.25, 0.3) is 5.92 Å². The summed E-state index contributed by atoms with van der Waals surface area (Å²) < 4.78 is 24.1. The first-order valence-electron chi connectivity index (χ1n) is 3.39. The molecule has 0 aromatic heterocycles. The van der Waals surface area contributed by atoms with E-state index in [0.29, 0.717) is 0 Å². The van der Waals surface area contributed by atoms with Gasteiger partial charge in [0.05, 0.1) is 6.54 Å². The number of β-amino-alcohol motifs (C(OH)–C–C–N with tert-alkyl or cyclic N) is 1. The largest absolute Gasteiger partial charge is 0.385 e. The van der Waals surface area contributed by atoms with Crippen molar-refractivity contribution in [3.05, 3.63) is 0 Å². The number of aliphatic hydroxyl groups excluding tert-OH is 1. The lowest BCUT2D eigenvalue weighted by Crippen LogP contribution is -2.30. The van der Waals surface area contributed by atoms with Crippen LogP contribution in [0.15, 0.2) is 0 Å². The number of nitrogens with one attached hydrogen (secondary N) is 1. The predicted octanol–water partition coefficient (Wildman–Crippen LogP) is 0.612. The Kier molecular flexibility index (Phi) is 3.75. The third kappa shape index (κ3) is 2.19. The maximum Gasteiger partial charge on any atom is 0.286 e. The highest BCUT2D eigenvalue weighted by atomic mass is 19.3. The molecule has 1 aliphatic rings. The first-order valence-corrected chi connectivity index (χ1v) is 3.39. The van der Waals surface area contributed by atoms with Crippen molar-refractivity contribution in [2.45, 2.75) is 25.9 Å². The molecule has 1 atom stereocenters. The molecule has 1 unspecified atom stereocenters. The number of rotatable bonds is 0. The van der Waals surface area contributed by atoms with Gasteiger partial charge in [-0.3, -0.25) is 0 Å². The summed E-state index contributed by atoms with van der Waals surface area (Å²) in [6, 6.07) is 0. The molecule has 62 valence electrons. The molecule has 10 heavy (non-hydrogen) atoms. The zero-order valence-electron chi connectivity index (χ0n) is 6.19. The summed E-state index contributed by atoms with van der Waals surface area (Å²) in [6.45, 7) is 3.61. The van der Waals surface area contributed by atoms with Crippen molar-refractivity contribution in [3.8, 4) is 0 Å². The maximum absolute atomic E-state index is 12.0. The summed E-state index contributed by atoms with van der Waals surface area (Å²) in [5.74, 6) is -2.90. The zero-order chi connectivity index (χ0) is 8.20. The smallest absolute Gasteiger partial charge is 0.286 e. The zero-order valence-corrected chi connectivity index (χ0v) is 6.19. The number of aliphatic hydroxyl groups is 1. The Morgan fingerprint density at radius 3 is 2.10 bits per heavy atom. The van der Waals surface area contributed by atoms with Gasteiger partial charge in [0.2, 0.25) is 0 Å². The fourth-order valence-corrected chi connectivity index (χ4v) is 0.643. The van der Waals surface area contributed by atoms with Gasteiger partial charge in [0, 0.05) is 6.54 Å². The van der Waals surface area contributed by atoms with Gasteiger partial charge in [0.1, 0.15) is 6.10 Å². The minimum atomic E-state index is -2.90. The highest BCUT2D eigenvalue weighted by Crippen LogP contribution is 2.20. The van der Waals surface area contributed by atoms with Crippen LogP contribution in [0.5, 0.6) is 0 Å². The lowest BCUT2D eigenvalue weighted by molar-refractivity contribution is -0.0714. The van der Waals surface area contributed by atoms with Crippen molar-refractivity contribution >= 4 is 0 Å².